The lowest BCUT2D eigenvalue weighted by Gasteiger charge is -2.35. The van der Waals surface area contributed by atoms with Crippen LogP contribution in [0.3, 0.4) is 0 Å². The van der Waals surface area contributed by atoms with E-state index in [1.165, 1.54) is 12.1 Å². The molecule has 3 heterocycles. The molecule has 0 aromatic carbocycles. The Hall–Kier alpha value is -1.55. The van der Waals surface area contributed by atoms with Gasteiger partial charge >= 0.3 is 0 Å². The number of rotatable bonds is 2. The second-order valence-corrected chi connectivity index (χ2v) is 5.99. The van der Waals surface area contributed by atoms with Crippen molar-refractivity contribution in [2.75, 3.05) is 13.1 Å². The number of aromatic nitrogens is 3. The van der Waals surface area contributed by atoms with E-state index in [-0.39, 0.29) is 0 Å². The Morgan fingerprint density at radius 2 is 2.28 bits per heavy atom. The van der Waals surface area contributed by atoms with E-state index in [2.05, 4.69) is 40.4 Å². The second-order valence-electron chi connectivity index (χ2n) is 5.99. The van der Waals surface area contributed by atoms with Gasteiger partial charge in [-0.15, -0.1) is 0 Å². The average molecular weight is 244 g/mol. The van der Waals surface area contributed by atoms with Crippen LogP contribution >= 0.6 is 0 Å². The molecule has 0 aliphatic carbocycles. The minimum absolute atomic E-state index is 0.362. The molecule has 1 saturated heterocycles. The number of hydrogen-bond acceptors (Lipinski definition) is 2. The van der Waals surface area contributed by atoms with E-state index in [1.807, 2.05) is 18.3 Å². The van der Waals surface area contributed by atoms with E-state index >= 15 is 0 Å². The van der Waals surface area contributed by atoms with Crippen molar-refractivity contribution in [3.63, 3.8) is 0 Å². The molecule has 0 spiro atoms. The maximum atomic E-state index is 4.40. The van der Waals surface area contributed by atoms with Gasteiger partial charge in [0.1, 0.15) is 5.69 Å². The van der Waals surface area contributed by atoms with Crippen LogP contribution in [0.2, 0.25) is 0 Å². The number of H-pyrrole nitrogens is 2. The smallest absolute Gasteiger partial charge is 0.109 e. The molecule has 3 N–H and O–H groups in total. The number of nitrogens with zero attached hydrogens (tertiary/aromatic N) is 1. The molecule has 0 saturated carbocycles. The largest absolute Gasteiger partial charge is 0.360 e. The lowest BCUT2D eigenvalue weighted by molar-refractivity contribution is 0.237. The highest BCUT2D eigenvalue weighted by Gasteiger charge is 2.29. The van der Waals surface area contributed by atoms with E-state index < -0.39 is 0 Å². The molecule has 3 rings (SSSR count). The first kappa shape index (κ1) is 11.5. The average Bonchev–Trinajstić information content (AvgIpc) is 2.99. The maximum absolute atomic E-state index is 4.40. The van der Waals surface area contributed by atoms with E-state index in [1.54, 1.807) is 0 Å². The lowest BCUT2D eigenvalue weighted by atomic mass is 9.78. The third kappa shape index (κ3) is 2.20. The summed E-state index contributed by atoms with van der Waals surface area (Å²) in [5.74, 6) is 0.532. The molecule has 96 valence electrons. The molecule has 2 aromatic heterocycles. The number of nitrogens with one attached hydrogen (secondary N) is 3. The van der Waals surface area contributed by atoms with Crippen LogP contribution in [0.15, 0.2) is 24.4 Å². The number of aromatic amines is 2. The van der Waals surface area contributed by atoms with Gasteiger partial charge < -0.3 is 10.3 Å². The fourth-order valence-electron chi connectivity index (χ4n) is 2.79. The summed E-state index contributed by atoms with van der Waals surface area (Å²) in [6.45, 7) is 6.76. The Morgan fingerprint density at radius 3 is 3.00 bits per heavy atom. The van der Waals surface area contributed by atoms with Crippen LogP contribution in [0.25, 0.3) is 11.4 Å². The van der Waals surface area contributed by atoms with E-state index in [4.69, 9.17) is 0 Å². The monoisotopic (exact) mass is 244 g/mol. The van der Waals surface area contributed by atoms with Gasteiger partial charge in [0.05, 0.1) is 5.69 Å². The Kier molecular flexibility index (Phi) is 2.74. The molecule has 2 aromatic rings. The van der Waals surface area contributed by atoms with Crippen molar-refractivity contribution >= 4 is 0 Å². The Bertz CT molecular complexity index is 510. The van der Waals surface area contributed by atoms with Gasteiger partial charge in [-0.2, -0.15) is 5.10 Å². The van der Waals surface area contributed by atoms with Crippen molar-refractivity contribution < 1.29 is 0 Å². The van der Waals surface area contributed by atoms with Crippen molar-refractivity contribution in [2.24, 2.45) is 5.41 Å². The summed E-state index contributed by atoms with van der Waals surface area (Å²) in [6, 6.07) is 6.21. The predicted molar refractivity (Wildman–Crippen MR) is 72.4 cm³/mol. The SMILES string of the molecule is CC1(C)CNCC(c2cc(-c3ccc[nH]3)n[nH]2)C1. The zero-order valence-corrected chi connectivity index (χ0v) is 11.0. The van der Waals surface area contributed by atoms with E-state index in [0.29, 0.717) is 11.3 Å². The molecule has 0 bridgehead atoms. The van der Waals surface area contributed by atoms with Gasteiger partial charge in [-0.1, -0.05) is 13.8 Å². The van der Waals surface area contributed by atoms with Gasteiger partial charge in [0.15, 0.2) is 0 Å². The fourth-order valence-corrected chi connectivity index (χ4v) is 2.79. The molecule has 4 heteroatoms. The van der Waals surface area contributed by atoms with Crippen LogP contribution in [0.4, 0.5) is 0 Å². The molecule has 0 amide bonds. The second kappa shape index (κ2) is 4.28. The molecule has 1 aliphatic heterocycles. The van der Waals surface area contributed by atoms with Crippen LogP contribution in [-0.4, -0.2) is 28.3 Å². The fraction of sp³-hybridized carbons (Fsp3) is 0.500. The Balaban J connectivity index is 1.81. The van der Waals surface area contributed by atoms with Crippen molar-refractivity contribution in [1.82, 2.24) is 20.5 Å². The molecule has 1 aliphatic rings. The minimum Gasteiger partial charge on any atom is -0.360 e. The van der Waals surface area contributed by atoms with Crippen molar-refractivity contribution in [3.05, 3.63) is 30.1 Å². The van der Waals surface area contributed by atoms with Gasteiger partial charge in [0.25, 0.3) is 0 Å². The molecule has 1 atom stereocenters. The van der Waals surface area contributed by atoms with Crippen LogP contribution in [-0.2, 0) is 0 Å². The molecule has 1 unspecified atom stereocenters. The number of hydrogen-bond donors (Lipinski definition) is 3. The zero-order chi connectivity index (χ0) is 12.6. The third-order valence-corrected chi connectivity index (χ3v) is 3.70. The first-order valence-corrected chi connectivity index (χ1v) is 6.54. The van der Waals surface area contributed by atoms with Crippen LogP contribution in [0.1, 0.15) is 31.9 Å². The van der Waals surface area contributed by atoms with Crippen LogP contribution < -0.4 is 5.32 Å². The molecule has 0 radical (unpaired) electrons. The zero-order valence-electron chi connectivity index (χ0n) is 11.0. The lowest BCUT2D eigenvalue weighted by Crippen LogP contribution is -2.40. The standard InChI is InChI=1S/C14H20N4/c1-14(2)7-10(8-15-9-14)12-6-13(18-17-12)11-4-3-5-16-11/h3-6,10,15-16H,7-9H2,1-2H3,(H,17,18). The minimum atomic E-state index is 0.362. The molecule has 4 nitrogen and oxygen atoms in total. The summed E-state index contributed by atoms with van der Waals surface area (Å²) >= 11 is 0. The highest BCUT2D eigenvalue weighted by atomic mass is 15.1. The van der Waals surface area contributed by atoms with Gasteiger partial charge in [-0.25, -0.2) is 0 Å². The van der Waals surface area contributed by atoms with Crippen LogP contribution in [0.5, 0.6) is 0 Å². The summed E-state index contributed by atoms with van der Waals surface area (Å²) in [4.78, 5) is 3.19. The molecular weight excluding hydrogens is 224 g/mol. The Morgan fingerprint density at radius 1 is 1.39 bits per heavy atom. The number of piperidine rings is 1. The summed E-state index contributed by atoms with van der Waals surface area (Å²) in [5, 5.41) is 11.1. The maximum Gasteiger partial charge on any atom is 0.109 e. The molecular formula is C14H20N4. The summed E-state index contributed by atoms with van der Waals surface area (Å²) in [6.07, 6.45) is 3.13. The highest BCUT2D eigenvalue weighted by Crippen LogP contribution is 2.34. The normalized spacial score (nSPS) is 23.1. The van der Waals surface area contributed by atoms with Gasteiger partial charge in [0, 0.05) is 30.9 Å². The Labute approximate surface area is 107 Å². The van der Waals surface area contributed by atoms with Crippen molar-refractivity contribution in [3.8, 4) is 11.4 Å². The van der Waals surface area contributed by atoms with E-state index in [9.17, 15) is 0 Å². The summed E-state index contributed by atoms with van der Waals surface area (Å²) in [5.41, 5.74) is 3.67. The van der Waals surface area contributed by atoms with Crippen molar-refractivity contribution in [1.29, 1.82) is 0 Å². The van der Waals surface area contributed by atoms with E-state index in [0.717, 1.165) is 24.5 Å². The summed E-state index contributed by atoms with van der Waals surface area (Å²) in [7, 11) is 0. The predicted octanol–water partition coefficient (Wildman–Crippen LogP) is 2.51. The first-order valence-electron chi connectivity index (χ1n) is 6.54. The topological polar surface area (TPSA) is 56.5 Å². The van der Waals surface area contributed by atoms with Gasteiger partial charge in [-0.3, -0.25) is 5.10 Å². The van der Waals surface area contributed by atoms with Crippen LogP contribution in [0, 0.1) is 5.41 Å². The summed E-state index contributed by atoms with van der Waals surface area (Å²) < 4.78 is 0. The molecule has 1 fully saturated rings. The molecule has 18 heavy (non-hydrogen) atoms. The third-order valence-electron chi connectivity index (χ3n) is 3.70. The quantitative estimate of drug-likeness (QED) is 0.760. The van der Waals surface area contributed by atoms with Gasteiger partial charge in [0.2, 0.25) is 0 Å². The van der Waals surface area contributed by atoms with Gasteiger partial charge in [-0.05, 0) is 30.0 Å². The highest BCUT2D eigenvalue weighted by molar-refractivity contribution is 5.54. The first-order chi connectivity index (χ1) is 8.64. The van der Waals surface area contributed by atoms with Crippen molar-refractivity contribution in [2.45, 2.75) is 26.2 Å².